The van der Waals surface area contributed by atoms with Crippen LogP contribution in [0.25, 0.3) is 0 Å². The first-order chi connectivity index (χ1) is 8.26. The van der Waals surface area contributed by atoms with E-state index < -0.39 is 6.10 Å². The summed E-state index contributed by atoms with van der Waals surface area (Å²) in [5, 5.41) is 12.6. The van der Waals surface area contributed by atoms with E-state index in [4.69, 9.17) is 9.47 Å². The van der Waals surface area contributed by atoms with Crippen molar-refractivity contribution in [1.29, 1.82) is 0 Å². The lowest BCUT2D eigenvalue weighted by Crippen LogP contribution is -2.30. The van der Waals surface area contributed by atoms with Crippen molar-refractivity contribution in [1.82, 2.24) is 5.32 Å². The number of methoxy groups -OCH3 is 1. The summed E-state index contributed by atoms with van der Waals surface area (Å²) in [5.74, 6) is 0.834. The molecule has 0 aliphatic rings. The highest BCUT2D eigenvalue weighted by Gasteiger charge is 2.03. The third kappa shape index (κ3) is 5.68. The van der Waals surface area contributed by atoms with Gasteiger partial charge in [-0.15, -0.1) is 0 Å². The number of aliphatic hydroxyl groups is 1. The smallest absolute Gasteiger partial charge is 0.118 e. The fourth-order valence-electron chi connectivity index (χ4n) is 1.40. The maximum atomic E-state index is 9.53. The van der Waals surface area contributed by atoms with Crippen molar-refractivity contribution in [2.75, 3.05) is 26.8 Å². The molecule has 96 valence electrons. The van der Waals surface area contributed by atoms with Gasteiger partial charge in [-0.2, -0.15) is 0 Å². The molecule has 1 aromatic rings. The molecule has 17 heavy (non-hydrogen) atoms. The van der Waals surface area contributed by atoms with Crippen LogP contribution in [-0.2, 0) is 11.3 Å². The second kappa shape index (κ2) is 8.06. The Morgan fingerprint density at radius 2 is 2.00 bits per heavy atom. The van der Waals surface area contributed by atoms with E-state index in [0.717, 1.165) is 17.9 Å². The van der Waals surface area contributed by atoms with Gasteiger partial charge in [0.25, 0.3) is 0 Å². The van der Waals surface area contributed by atoms with Gasteiger partial charge in [0.15, 0.2) is 0 Å². The lowest BCUT2D eigenvalue weighted by molar-refractivity contribution is 0.0291. The normalized spacial score (nSPS) is 12.4. The van der Waals surface area contributed by atoms with Crippen LogP contribution in [0.15, 0.2) is 24.3 Å². The maximum Gasteiger partial charge on any atom is 0.118 e. The van der Waals surface area contributed by atoms with Gasteiger partial charge in [0.1, 0.15) is 5.75 Å². The minimum Gasteiger partial charge on any atom is -0.497 e. The van der Waals surface area contributed by atoms with Gasteiger partial charge in [0, 0.05) is 6.54 Å². The fourth-order valence-corrected chi connectivity index (χ4v) is 1.40. The van der Waals surface area contributed by atoms with Crippen molar-refractivity contribution in [3.8, 4) is 5.75 Å². The third-order valence-corrected chi connectivity index (χ3v) is 2.37. The van der Waals surface area contributed by atoms with Gasteiger partial charge in [-0.05, 0) is 24.2 Å². The predicted molar refractivity (Wildman–Crippen MR) is 67.2 cm³/mol. The minimum absolute atomic E-state index is 0.346. The van der Waals surface area contributed by atoms with Crippen molar-refractivity contribution >= 4 is 0 Å². The molecule has 0 bridgehead atoms. The lowest BCUT2D eigenvalue weighted by atomic mass is 10.2. The second-order valence-corrected chi connectivity index (χ2v) is 3.82. The van der Waals surface area contributed by atoms with Crippen LogP contribution >= 0.6 is 0 Å². The van der Waals surface area contributed by atoms with Crippen LogP contribution in [0.5, 0.6) is 5.75 Å². The van der Waals surface area contributed by atoms with E-state index in [1.54, 1.807) is 7.11 Å². The Hall–Kier alpha value is -1.10. The minimum atomic E-state index is -0.451. The first-order valence-electron chi connectivity index (χ1n) is 5.85. The van der Waals surface area contributed by atoms with Crippen LogP contribution in [0, 0.1) is 0 Å². The first-order valence-corrected chi connectivity index (χ1v) is 5.85. The highest BCUT2D eigenvalue weighted by atomic mass is 16.5. The summed E-state index contributed by atoms with van der Waals surface area (Å²) in [7, 11) is 1.64. The number of aliphatic hydroxyl groups excluding tert-OH is 1. The molecule has 1 rings (SSSR count). The van der Waals surface area contributed by atoms with Gasteiger partial charge in [0.05, 0.1) is 26.4 Å². The number of nitrogens with one attached hydrogen (secondary N) is 1. The van der Waals surface area contributed by atoms with Gasteiger partial charge in [0.2, 0.25) is 0 Å². The predicted octanol–water partition coefficient (Wildman–Crippen LogP) is 1.18. The largest absolute Gasteiger partial charge is 0.497 e. The van der Waals surface area contributed by atoms with Crippen molar-refractivity contribution < 1.29 is 14.6 Å². The molecule has 1 atom stereocenters. The Morgan fingerprint density at radius 3 is 2.59 bits per heavy atom. The zero-order valence-corrected chi connectivity index (χ0v) is 10.5. The molecular weight excluding hydrogens is 218 g/mol. The Balaban J connectivity index is 2.21. The van der Waals surface area contributed by atoms with Crippen LogP contribution in [0.2, 0.25) is 0 Å². The van der Waals surface area contributed by atoms with Crippen LogP contribution in [0.3, 0.4) is 0 Å². The molecule has 4 heteroatoms. The number of likely N-dealkylation sites (N-methyl/N-ethyl adjacent to an activating group) is 1. The molecule has 0 spiro atoms. The number of ether oxygens (including phenoxy) is 2. The number of hydrogen-bond acceptors (Lipinski definition) is 4. The van der Waals surface area contributed by atoms with Gasteiger partial charge in [-0.3, -0.25) is 0 Å². The topological polar surface area (TPSA) is 50.7 Å². The fraction of sp³-hybridized carbons (Fsp3) is 0.538. The quantitative estimate of drug-likeness (QED) is 0.715. The van der Waals surface area contributed by atoms with Crippen molar-refractivity contribution in [2.45, 2.75) is 19.6 Å². The molecular formula is C13H21NO3. The summed E-state index contributed by atoms with van der Waals surface area (Å²) in [6.07, 6.45) is -0.451. The van der Waals surface area contributed by atoms with Crippen molar-refractivity contribution in [3.63, 3.8) is 0 Å². The van der Waals surface area contributed by atoms with Gasteiger partial charge in [-0.25, -0.2) is 0 Å². The van der Waals surface area contributed by atoms with Crippen LogP contribution in [0.4, 0.5) is 0 Å². The number of hydrogen-bond donors (Lipinski definition) is 2. The lowest BCUT2D eigenvalue weighted by Gasteiger charge is -2.11. The number of benzene rings is 1. The molecule has 4 nitrogen and oxygen atoms in total. The summed E-state index contributed by atoms with van der Waals surface area (Å²) in [6.45, 7) is 4.28. The monoisotopic (exact) mass is 239 g/mol. The molecule has 0 aromatic heterocycles. The van der Waals surface area contributed by atoms with E-state index in [2.05, 4.69) is 5.32 Å². The van der Waals surface area contributed by atoms with E-state index in [-0.39, 0.29) is 0 Å². The van der Waals surface area contributed by atoms with Crippen LogP contribution in [-0.4, -0.2) is 38.0 Å². The zero-order chi connectivity index (χ0) is 12.5. The molecule has 0 saturated carbocycles. The standard InChI is InChI=1S/C13H21NO3/c1-3-14-8-12(15)10-17-9-11-4-6-13(16-2)7-5-11/h4-7,12,14-15H,3,8-10H2,1-2H3. The first kappa shape index (κ1) is 14.0. The summed E-state index contributed by atoms with van der Waals surface area (Å²) in [4.78, 5) is 0. The van der Waals surface area contributed by atoms with Gasteiger partial charge in [-0.1, -0.05) is 19.1 Å². The molecule has 0 fully saturated rings. The van der Waals surface area contributed by atoms with E-state index >= 15 is 0 Å². The molecule has 2 N–H and O–H groups in total. The van der Waals surface area contributed by atoms with Crippen molar-refractivity contribution in [2.24, 2.45) is 0 Å². The summed E-state index contributed by atoms with van der Waals surface area (Å²) in [5.41, 5.74) is 1.07. The Morgan fingerprint density at radius 1 is 1.29 bits per heavy atom. The average Bonchev–Trinajstić information content (AvgIpc) is 2.37. The molecule has 1 aromatic carbocycles. The molecule has 0 aliphatic heterocycles. The average molecular weight is 239 g/mol. The summed E-state index contributed by atoms with van der Waals surface area (Å²) >= 11 is 0. The van der Waals surface area contributed by atoms with E-state index in [1.165, 1.54) is 0 Å². The van der Waals surface area contributed by atoms with E-state index in [0.29, 0.717) is 19.8 Å². The Kier molecular flexibility index (Phi) is 6.62. The molecule has 0 radical (unpaired) electrons. The summed E-state index contributed by atoms with van der Waals surface area (Å²) < 4.78 is 10.5. The van der Waals surface area contributed by atoms with Gasteiger partial charge >= 0.3 is 0 Å². The molecule has 0 amide bonds. The second-order valence-electron chi connectivity index (χ2n) is 3.82. The highest BCUT2D eigenvalue weighted by molar-refractivity contribution is 5.26. The molecule has 0 saturated heterocycles. The van der Waals surface area contributed by atoms with E-state index in [1.807, 2.05) is 31.2 Å². The SMILES string of the molecule is CCNCC(O)COCc1ccc(OC)cc1. The van der Waals surface area contributed by atoms with E-state index in [9.17, 15) is 5.11 Å². The zero-order valence-electron chi connectivity index (χ0n) is 10.5. The Labute approximate surface area is 103 Å². The Bertz CT molecular complexity index is 300. The summed E-state index contributed by atoms with van der Waals surface area (Å²) in [6, 6.07) is 7.70. The van der Waals surface area contributed by atoms with Crippen LogP contribution < -0.4 is 10.1 Å². The highest BCUT2D eigenvalue weighted by Crippen LogP contribution is 2.11. The number of rotatable bonds is 8. The molecule has 1 unspecified atom stereocenters. The third-order valence-electron chi connectivity index (χ3n) is 2.37. The van der Waals surface area contributed by atoms with Gasteiger partial charge < -0.3 is 19.9 Å². The maximum absolute atomic E-state index is 9.53. The van der Waals surface area contributed by atoms with Crippen LogP contribution in [0.1, 0.15) is 12.5 Å². The molecule has 0 heterocycles. The van der Waals surface area contributed by atoms with Crippen molar-refractivity contribution in [3.05, 3.63) is 29.8 Å². The molecule has 0 aliphatic carbocycles.